The number of carbonyl (C=O) groups excluding carboxylic acids is 1. The topological polar surface area (TPSA) is 60.0 Å². The molecule has 0 saturated carbocycles. The Morgan fingerprint density at radius 1 is 1.16 bits per heavy atom. The van der Waals surface area contributed by atoms with Crippen LogP contribution in [0.2, 0.25) is 0 Å². The van der Waals surface area contributed by atoms with Gasteiger partial charge in [-0.2, -0.15) is 0 Å². The average molecular weight is 360 g/mol. The Morgan fingerprint density at radius 2 is 1.80 bits per heavy atom. The number of hydrogen-bond donors (Lipinski definition) is 1. The van der Waals surface area contributed by atoms with Crippen LogP contribution in [-0.2, 0) is 9.47 Å². The van der Waals surface area contributed by atoms with Gasteiger partial charge in [0.2, 0.25) is 0 Å². The summed E-state index contributed by atoms with van der Waals surface area (Å²) in [6.45, 7) is 2.06. The molecule has 9 heteroatoms. The van der Waals surface area contributed by atoms with Crippen LogP contribution in [0.3, 0.4) is 0 Å². The van der Waals surface area contributed by atoms with Crippen LogP contribution in [0.15, 0.2) is 24.3 Å². The van der Waals surface area contributed by atoms with E-state index in [1.165, 1.54) is 23.1 Å². The van der Waals surface area contributed by atoms with E-state index in [0.29, 0.717) is 39.1 Å². The second-order valence-corrected chi connectivity index (χ2v) is 5.92. The van der Waals surface area contributed by atoms with Crippen LogP contribution in [0, 0.1) is 0 Å². The predicted octanol–water partition coefficient (Wildman–Crippen LogP) is 3.35. The summed E-state index contributed by atoms with van der Waals surface area (Å²) < 4.78 is 52.7. The summed E-state index contributed by atoms with van der Waals surface area (Å²) in [7, 11) is 0. The molecule has 1 aromatic carbocycles. The zero-order chi connectivity index (χ0) is 17.9. The van der Waals surface area contributed by atoms with Gasteiger partial charge in [-0.15, -0.1) is 13.2 Å². The second kappa shape index (κ2) is 7.09. The number of alkyl halides is 3. The minimum absolute atomic E-state index is 0.0321. The second-order valence-electron chi connectivity index (χ2n) is 5.92. The number of amides is 2. The number of nitrogens with one attached hydrogen (secondary N) is 1. The highest BCUT2D eigenvalue weighted by atomic mass is 19.4. The molecule has 0 bridgehead atoms. The van der Waals surface area contributed by atoms with Crippen LogP contribution < -0.4 is 10.1 Å². The molecule has 1 aromatic rings. The molecule has 0 aromatic heterocycles. The number of nitrogens with zero attached hydrogens (tertiary/aromatic N) is 1. The molecular formula is C16H19F3N2O4. The smallest absolute Gasteiger partial charge is 0.404 e. The first-order chi connectivity index (χ1) is 11.9. The van der Waals surface area contributed by atoms with Crippen molar-refractivity contribution in [1.82, 2.24) is 4.90 Å². The van der Waals surface area contributed by atoms with Crippen LogP contribution in [-0.4, -0.2) is 49.4 Å². The molecule has 0 radical (unpaired) electrons. The minimum Gasteiger partial charge on any atom is -0.404 e. The molecular weight excluding hydrogens is 341 g/mol. The molecule has 0 unspecified atom stereocenters. The Morgan fingerprint density at radius 3 is 2.44 bits per heavy atom. The maximum atomic E-state index is 12.4. The van der Waals surface area contributed by atoms with Crippen molar-refractivity contribution in [3.8, 4) is 5.75 Å². The lowest BCUT2D eigenvalue weighted by atomic mass is 10.0. The number of piperidine rings is 1. The summed E-state index contributed by atoms with van der Waals surface area (Å²) in [4.78, 5) is 13.9. The lowest BCUT2D eigenvalue weighted by Gasteiger charge is -2.43. The van der Waals surface area contributed by atoms with Gasteiger partial charge in [-0.1, -0.05) is 12.1 Å². The van der Waals surface area contributed by atoms with Gasteiger partial charge in [-0.25, -0.2) is 4.79 Å². The number of benzene rings is 1. The number of urea groups is 1. The number of carbonyl (C=O) groups is 1. The van der Waals surface area contributed by atoms with E-state index in [1.54, 1.807) is 0 Å². The summed E-state index contributed by atoms with van der Waals surface area (Å²) in [5.41, 5.74) is -0.0321. The molecule has 1 spiro atoms. The van der Waals surface area contributed by atoms with Crippen LogP contribution in [0.25, 0.3) is 0 Å². The number of halogens is 3. The third-order valence-electron chi connectivity index (χ3n) is 4.19. The van der Waals surface area contributed by atoms with Gasteiger partial charge < -0.3 is 24.4 Å². The summed E-state index contributed by atoms with van der Waals surface area (Å²) in [6, 6.07) is 4.95. The van der Waals surface area contributed by atoms with Crippen molar-refractivity contribution in [2.75, 3.05) is 31.6 Å². The Balaban J connectivity index is 1.60. The number of para-hydroxylation sites is 2. The van der Waals surface area contributed by atoms with Crippen molar-refractivity contribution < 1.29 is 32.2 Å². The zero-order valence-electron chi connectivity index (χ0n) is 13.5. The molecule has 2 saturated heterocycles. The van der Waals surface area contributed by atoms with Crippen LogP contribution in [0.5, 0.6) is 5.75 Å². The quantitative estimate of drug-likeness (QED) is 0.879. The highest BCUT2D eigenvalue weighted by molar-refractivity contribution is 5.91. The summed E-state index contributed by atoms with van der Waals surface area (Å²) in [6.07, 6.45) is -2.92. The molecule has 2 aliphatic heterocycles. The van der Waals surface area contributed by atoms with Gasteiger partial charge in [0, 0.05) is 25.9 Å². The van der Waals surface area contributed by atoms with Crippen molar-refractivity contribution in [3.05, 3.63) is 24.3 Å². The number of hydrogen-bond acceptors (Lipinski definition) is 4. The van der Waals surface area contributed by atoms with Gasteiger partial charge >= 0.3 is 12.4 Å². The fourth-order valence-corrected chi connectivity index (χ4v) is 2.93. The van der Waals surface area contributed by atoms with Crippen molar-refractivity contribution >= 4 is 11.7 Å². The highest BCUT2D eigenvalue weighted by Crippen LogP contribution is 2.32. The van der Waals surface area contributed by atoms with E-state index in [2.05, 4.69) is 10.1 Å². The average Bonchev–Trinajstić information content (AvgIpc) is 2.57. The van der Waals surface area contributed by atoms with Gasteiger partial charge in [-0.05, 0) is 18.6 Å². The van der Waals surface area contributed by atoms with E-state index in [0.717, 1.165) is 12.5 Å². The normalized spacial score (nSPS) is 20.4. The van der Waals surface area contributed by atoms with Crippen molar-refractivity contribution in [3.63, 3.8) is 0 Å². The number of rotatable bonds is 2. The molecule has 138 valence electrons. The van der Waals surface area contributed by atoms with Crippen molar-refractivity contribution in [1.29, 1.82) is 0 Å². The monoisotopic (exact) mass is 360 g/mol. The van der Waals surface area contributed by atoms with Gasteiger partial charge in [0.1, 0.15) is 0 Å². The van der Waals surface area contributed by atoms with Crippen LogP contribution in [0.4, 0.5) is 23.7 Å². The molecule has 3 rings (SSSR count). The molecule has 1 N–H and O–H groups in total. The number of anilines is 1. The van der Waals surface area contributed by atoms with E-state index in [-0.39, 0.29) is 5.69 Å². The molecule has 2 amide bonds. The third-order valence-corrected chi connectivity index (χ3v) is 4.19. The maximum absolute atomic E-state index is 12.4. The standard InChI is InChI=1S/C16H19F3N2O4/c17-16(18,19)25-13-5-2-1-4-12(13)20-14(22)21-8-6-15(7-9-21)23-10-3-11-24-15/h1-2,4-5H,3,6-11H2,(H,20,22). The van der Waals surface area contributed by atoms with Crippen molar-refractivity contribution in [2.45, 2.75) is 31.4 Å². The molecule has 2 fully saturated rings. The van der Waals surface area contributed by atoms with E-state index >= 15 is 0 Å². The van der Waals surface area contributed by atoms with Gasteiger partial charge in [0.25, 0.3) is 0 Å². The van der Waals surface area contributed by atoms with Crippen LogP contribution >= 0.6 is 0 Å². The maximum Gasteiger partial charge on any atom is 0.573 e. The first-order valence-electron chi connectivity index (χ1n) is 8.06. The molecule has 2 aliphatic rings. The number of ether oxygens (including phenoxy) is 3. The molecule has 25 heavy (non-hydrogen) atoms. The predicted molar refractivity (Wildman–Crippen MR) is 82.2 cm³/mol. The van der Waals surface area contributed by atoms with Gasteiger partial charge in [0.05, 0.1) is 18.9 Å². The largest absolute Gasteiger partial charge is 0.573 e. The molecule has 0 aliphatic carbocycles. The Kier molecular flexibility index (Phi) is 5.05. The highest BCUT2D eigenvalue weighted by Gasteiger charge is 2.39. The van der Waals surface area contributed by atoms with E-state index in [9.17, 15) is 18.0 Å². The summed E-state index contributed by atoms with van der Waals surface area (Å²) in [5.74, 6) is -1.08. The lowest BCUT2D eigenvalue weighted by Crippen LogP contribution is -2.52. The van der Waals surface area contributed by atoms with E-state index in [1.807, 2.05) is 0 Å². The SMILES string of the molecule is O=C(Nc1ccccc1OC(F)(F)F)N1CCC2(CC1)OCCCO2. The summed E-state index contributed by atoms with van der Waals surface area (Å²) in [5, 5.41) is 2.47. The van der Waals surface area contributed by atoms with Gasteiger partial charge in [0.15, 0.2) is 11.5 Å². The molecule has 0 atom stereocenters. The lowest BCUT2D eigenvalue weighted by molar-refractivity contribution is -0.281. The Labute approximate surface area is 142 Å². The minimum atomic E-state index is -4.83. The first-order valence-corrected chi connectivity index (χ1v) is 8.06. The third kappa shape index (κ3) is 4.55. The Hall–Kier alpha value is -2.00. The van der Waals surface area contributed by atoms with E-state index in [4.69, 9.17) is 9.47 Å². The van der Waals surface area contributed by atoms with Gasteiger partial charge in [-0.3, -0.25) is 0 Å². The number of likely N-dealkylation sites (tertiary alicyclic amines) is 1. The Bertz CT molecular complexity index is 608. The fourth-order valence-electron chi connectivity index (χ4n) is 2.93. The molecule has 2 heterocycles. The molecule has 6 nitrogen and oxygen atoms in total. The summed E-state index contributed by atoms with van der Waals surface area (Å²) >= 11 is 0. The zero-order valence-corrected chi connectivity index (χ0v) is 13.5. The van der Waals surface area contributed by atoms with E-state index < -0.39 is 23.9 Å². The van der Waals surface area contributed by atoms with Crippen LogP contribution in [0.1, 0.15) is 19.3 Å². The fraction of sp³-hybridized carbons (Fsp3) is 0.562. The van der Waals surface area contributed by atoms with Crippen molar-refractivity contribution in [2.24, 2.45) is 0 Å². The first kappa shape index (κ1) is 17.8.